The monoisotopic (exact) mass is 379 g/mol. The molecule has 0 aliphatic carbocycles. The van der Waals surface area contributed by atoms with Crippen molar-refractivity contribution >= 4 is 11.6 Å². The first-order valence-corrected chi connectivity index (χ1v) is 9.50. The van der Waals surface area contributed by atoms with E-state index >= 15 is 0 Å². The van der Waals surface area contributed by atoms with Gasteiger partial charge in [0.2, 0.25) is 5.91 Å². The fourth-order valence-electron chi connectivity index (χ4n) is 3.92. The van der Waals surface area contributed by atoms with Crippen molar-refractivity contribution in [2.45, 2.75) is 26.4 Å². The zero-order valence-electron chi connectivity index (χ0n) is 16.4. The van der Waals surface area contributed by atoms with Crippen molar-refractivity contribution in [3.63, 3.8) is 0 Å². The van der Waals surface area contributed by atoms with Crippen LogP contribution in [0.1, 0.15) is 24.4 Å². The van der Waals surface area contributed by atoms with Gasteiger partial charge in [0.25, 0.3) is 5.56 Å². The fourth-order valence-corrected chi connectivity index (χ4v) is 3.92. The molecule has 1 unspecified atom stereocenters. The van der Waals surface area contributed by atoms with E-state index in [1.165, 1.54) is 5.69 Å². The number of amides is 1. The molecule has 146 valence electrons. The van der Waals surface area contributed by atoms with E-state index in [-0.39, 0.29) is 24.1 Å². The Morgan fingerprint density at radius 3 is 2.64 bits per heavy atom. The molecule has 1 aliphatic heterocycles. The van der Waals surface area contributed by atoms with Gasteiger partial charge in [0, 0.05) is 38.1 Å². The second-order valence-electron chi connectivity index (χ2n) is 7.26. The molecule has 1 aromatic carbocycles. The molecule has 0 radical (unpaired) electrons. The molecule has 3 heterocycles. The van der Waals surface area contributed by atoms with Crippen LogP contribution in [0, 0.1) is 6.92 Å². The number of rotatable bonds is 4. The van der Waals surface area contributed by atoms with Gasteiger partial charge in [-0.2, -0.15) is 0 Å². The van der Waals surface area contributed by atoms with Crippen LogP contribution in [0.5, 0.6) is 0 Å². The van der Waals surface area contributed by atoms with E-state index in [9.17, 15) is 9.59 Å². The Morgan fingerprint density at radius 2 is 1.89 bits per heavy atom. The molecule has 0 bridgehead atoms. The molecule has 1 N–H and O–H groups in total. The van der Waals surface area contributed by atoms with Crippen molar-refractivity contribution in [2.75, 3.05) is 18.4 Å². The predicted molar refractivity (Wildman–Crippen MR) is 109 cm³/mol. The summed E-state index contributed by atoms with van der Waals surface area (Å²) < 4.78 is 5.56. The fraction of sp³-hybridized carbons (Fsp3) is 0.333. The molecule has 28 heavy (non-hydrogen) atoms. The summed E-state index contributed by atoms with van der Waals surface area (Å²) in [5.41, 5.74) is 2.82. The topological polar surface area (TPSA) is 64.2 Å². The number of carbonyl (C=O) groups excluding carboxylic acids is 1. The number of nitrogens with one attached hydrogen (secondary N) is 1. The standard InChI is InChI=1S/C21H25N5O2/c1-15-18-10-7-11-24(18)12-13-25(15)14-19(27)22-20-16(2)23(3)26(21(20)28)17-8-5-4-6-9-17/h4-11,15H,12-14H2,1-3H3,(H,22,27). The molecule has 7 heteroatoms. The highest BCUT2D eigenvalue weighted by Gasteiger charge is 2.26. The minimum Gasteiger partial charge on any atom is -0.349 e. The van der Waals surface area contributed by atoms with Gasteiger partial charge in [0.15, 0.2) is 0 Å². The van der Waals surface area contributed by atoms with Gasteiger partial charge < -0.3 is 9.88 Å². The number of aromatic nitrogens is 3. The normalized spacial score (nSPS) is 16.8. The summed E-state index contributed by atoms with van der Waals surface area (Å²) in [6, 6.07) is 13.7. The van der Waals surface area contributed by atoms with Crippen LogP contribution >= 0.6 is 0 Å². The third-order valence-corrected chi connectivity index (χ3v) is 5.63. The Kier molecular flexibility index (Phi) is 4.68. The minimum absolute atomic E-state index is 0.160. The number of anilines is 1. The van der Waals surface area contributed by atoms with Crippen LogP contribution in [0.25, 0.3) is 5.69 Å². The van der Waals surface area contributed by atoms with Crippen LogP contribution < -0.4 is 10.9 Å². The molecular formula is C21H25N5O2. The molecule has 2 aromatic heterocycles. The Balaban J connectivity index is 1.54. The van der Waals surface area contributed by atoms with E-state index in [0.717, 1.165) is 24.5 Å². The molecule has 0 fully saturated rings. The number of benzene rings is 1. The SMILES string of the molecule is Cc1c(NC(=O)CN2CCn3cccc3C2C)c(=O)n(-c2ccccc2)n1C. The lowest BCUT2D eigenvalue weighted by Gasteiger charge is -2.34. The number of hydrogen-bond donors (Lipinski definition) is 1. The Morgan fingerprint density at radius 1 is 1.14 bits per heavy atom. The van der Waals surface area contributed by atoms with Crippen molar-refractivity contribution in [3.05, 3.63) is 70.4 Å². The smallest absolute Gasteiger partial charge is 0.295 e. The lowest BCUT2D eigenvalue weighted by Crippen LogP contribution is -2.41. The molecule has 0 spiro atoms. The summed E-state index contributed by atoms with van der Waals surface area (Å²) >= 11 is 0. The van der Waals surface area contributed by atoms with Crippen molar-refractivity contribution in [3.8, 4) is 5.69 Å². The molecule has 1 atom stereocenters. The average Bonchev–Trinajstić information content (AvgIpc) is 3.25. The maximum atomic E-state index is 12.9. The van der Waals surface area contributed by atoms with E-state index in [2.05, 4.69) is 34.0 Å². The van der Waals surface area contributed by atoms with Gasteiger partial charge in [0.05, 0.1) is 17.9 Å². The Labute approximate surface area is 163 Å². The highest BCUT2D eigenvalue weighted by Crippen LogP contribution is 2.25. The molecule has 7 nitrogen and oxygen atoms in total. The van der Waals surface area contributed by atoms with Gasteiger partial charge in [-0.15, -0.1) is 0 Å². The molecule has 4 rings (SSSR count). The number of carbonyl (C=O) groups is 1. The molecule has 1 aliphatic rings. The largest absolute Gasteiger partial charge is 0.349 e. The maximum absolute atomic E-state index is 12.9. The highest BCUT2D eigenvalue weighted by atomic mass is 16.2. The summed E-state index contributed by atoms with van der Waals surface area (Å²) in [7, 11) is 1.82. The Hall–Kier alpha value is -3.06. The van der Waals surface area contributed by atoms with E-state index in [4.69, 9.17) is 0 Å². The summed E-state index contributed by atoms with van der Waals surface area (Å²) in [5, 5.41) is 2.85. The first-order valence-electron chi connectivity index (χ1n) is 9.50. The molecule has 1 amide bonds. The zero-order valence-corrected chi connectivity index (χ0v) is 16.4. The lowest BCUT2D eigenvalue weighted by atomic mass is 10.1. The average molecular weight is 379 g/mol. The van der Waals surface area contributed by atoms with Crippen LogP contribution in [-0.4, -0.2) is 37.8 Å². The van der Waals surface area contributed by atoms with Gasteiger partial charge in [-0.25, -0.2) is 4.68 Å². The van der Waals surface area contributed by atoms with Gasteiger partial charge in [-0.1, -0.05) is 18.2 Å². The summed E-state index contributed by atoms with van der Waals surface area (Å²) in [5.74, 6) is -0.169. The quantitative estimate of drug-likeness (QED) is 0.757. The van der Waals surface area contributed by atoms with Gasteiger partial charge in [0.1, 0.15) is 5.69 Å². The van der Waals surface area contributed by atoms with E-state index in [0.29, 0.717) is 5.69 Å². The number of fused-ring (bicyclic) bond motifs is 1. The van der Waals surface area contributed by atoms with E-state index in [1.807, 2.05) is 50.4 Å². The third-order valence-electron chi connectivity index (χ3n) is 5.63. The molecular weight excluding hydrogens is 354 g/mol. The first kappa shape index (κ1) is 18.3. The van der Waals surface area contributed by atoms with Crippen molar-refractivity contribution < 1.29 is 4.79 Å². The van der Waals surface area contributed by atoms with Crippen molar-refractivity contribution in [2.24, 2.45) is 7.05 Å². The predicted octanol–water partition coefficient (Wildman–Crippen LogP) is 2.30. The van der Waals surface area contributed by atoms with Crippen LogP contribution in [0.2, 0.25) is 0 Å². The van der Waals surface area contributed by atoms with Gasteiger partial charge >= 0.3 is 0 Å². The van der Waals surface area contributed by atoms with Crippen LogP contribution in [0.15, 0.2) is 53.5 Å². The highest BCUT2D eigenvalue weighted by molar-refractivity contribution is 5.92. The maximum Gasteiger partial charge on any atom is 0.295 e. The second kappa shape index (κ2) is 7.16. The summed E-state index contributed by atoms with van der Waals surface area (Å²) in [6.07, 6.45) is 2.07. The second-order valence-corrected chi connectivity index (χ2v) is 7.26. The first-order chi connectivity index (χ1) is 13.5. The number of nitrogens with zero attached hydrogens (tertiary/aromatic N) is 4. The number of hydrogen-bond acceptors (Lipinski definition) is 3. The minimum atomic E-state index is -0.222. The van der Waals surface area contributed by atoms with Crippen LogP contribution in [0.3, 0.4) is 0 Å². The summed E-state index contributed by atoms with van der Waals surface area (Å²) in [6.45, 7) is 5.87. The lowest BCUT2D eigenvalue weighted by molar-refractivity contribution is -0.118. The number of para-hydroxylation sites is 1. The van der Waals surface area contributed by atoms with Gasteiger partial charge in [-0.05, 0) is 38.1 Å². The molecule has 0 saturated heterocycles. The van der Waals surface area contributed by atoms with Gasteiger partial charge in [-0.3, -0.25) is 19.2 Å². The zero-order chi connectivity index (χ0) is 19.8. The van der Waals surface area contributed by atoms with Crippen molar-refractivity contribution in [1.29, 1.82) is 0 Å². The van der Waals surface area contributed by atoms with E-state index in [1.54, 1.807) is 9.36 Å². The molecule has 3 aromatic rings. The molecule has 0 saturated carbocycles. The Bertz CT molecular complexity index is 1060. The third kappa shape index (κ3) is 3.07. The van der Waals surface area contributed by atoms with Crippen LogP contribution in [0.4, 0.5) is 5.69 Å². The summed E-state index contributed by atoms with van der Waals surface area (Å²) in [4.78, 5) is 27.8. The van der Waals surface area contributed by atoms with E-state index < -0.39 is 0 Å². The van der Waals surface area contributed by atoms with Crippen LogP contribution in [-0.2, 0) is 18.4 Å². The van der Waals surface area contributed by atoms with Crippen molar-refractivity contribution in [1.82, 2.24) is 18.8 Å².